The standard InChI is InChI=1S/C17H27NO/c1-3-5-14(2)12-19-13-16-7-4-6-15(10-16)11-18-17-8-9-17/h4,6-7,10,14,17-18H,3,5,8-9,11-13H2,1-2H3. The maximum Gasteiger partial charge on any atom is 0.0717 e. The fraction of sp³-hybridized carbons (Fsp3) is 0.647. The van der Waals surface area contributed by atoms with Gasteiger partial charge < -0.3 is 10.1 Å². The molecule has 1 aromatic carbocycles. The van der Waals surface area contributed by atoms with Crippen molar-refractivity contribution in [2.45, 2.75) is 58.7 Å². The van der Waals surface area contributed by atoms with Crippen LogP contribution in [-0.4, -0.2) is 12.6 Å². The van der Waals surface area contributed by atoms with E-state index in [4.69, 9.17) is 4.74 Å². The summed E-state index contributed by atoms with van der Waals surface area (Å²) in [7, 11) is 0. The van der Waals surface area contributed by atoms with Crippen molar-refractivity contribution in [1.29, 1.82) is 0 Å². The first-order valence-electron chi connectivity index (χ1n) is 7.67. The van der Waals surface area contributed by atoms with Crippen LogP contribution in [0.1, 0.15) is 50.7 Å². The van der Waals surface area contributed by atoms with Gasteiger partial charge in [-0.25, -0.2) is 0 Å². The Morgan fingerprint density at radius 1 is 1.32 bits per heavy atom. The van der Waals surface area contributed by atoms with Gasteiger partial charge in [0.15, 0.2) is 0 Å². The van der Waals surface area contributed by atoms with Crippen LogP contribution in [0.2, 0.25) is 0 Å². The fourth-order valence-electron chi connectivity index (χ4n) is 2.33. The van der Waals surface area contributed by atoms with Gasteiger partial charge in [0.1, 0.15) is 0 Å². The smallest absolute Gasteiger partial charge is 0.0717 e. The summed E-state index contributed by atoms with van der Waals surface area (Å²) in [5.41, 5.74) is 2.66. The molecule has 106 valence electrons. The minimum Gasteiger partial charge on any atom is -0.376 e. The molecule has 0 heterocycles. The van der Waals surface area contributed by atoms with Crippen LogP contribution >= 0.6 is 0 Å². The molecule has 19 heavy (non-hydrogen) atoms. The minimum absolute atomic E-state index is 0.671. The fourth-order valence-corrected chi connectivity index (χ4v) is 2.33. The summed E-state index contributed by atoms with van der Waals surface area (Å²) in [6, 6.07) is 9.52. The van der Waals surface area contributed by atoms with Crippen molar-refractivity contribution in [3.63, 3.8) is 0 Å². The minimum atomic E-state index is 0.671. The Bertz CT molecular complexity index is 373. The molecule has 1 aromatic rings. The summed E-state index contributed by atoms with van der Waals surface area (Å²) in [4.78, 5) is 0. The molecule has 0 aliphatic heterocycles. The predicted octanol–water partition coefficient (Wildman–Crippen LogP) is 3.89. The van der Waals surface area contributed by atoms with Crippen molar-refractivity contribution in [1.82, 2.24) is 5.32 Å². The molecule has 1 saturated carbocycles. The van der Waals surface area contributed by atoms with Crippen LogP contribution in [0.4, 0.5) is 0 Å². The van der Waals surface area contributed by atoms with Gasteiger partial charge in [-0.1, -0.05) is 44.5 Å². The first kappa shape index (κ1) is 14.5. The SMILES string of the molecule is CCCC(C)COCc1cccc(CNC2CC2)c1. The van der Waals surface area contributed by atoms with Gasteiger partial charge in [0.05, 0.1) is 6.61 Å². The second-order valence-electron chi connectivity index (χ2n) is 5.88. The number of benzene rings is 1. The molecule has 0 saturated heterocycles. The number of rotatable bonds is 9. The van der Waals surface area contributed by atoms with E-state index in [9.17, 15) is 0 Å². The summed E-state index contributed by atoms with van der Waals surface area (Å²) < 4.78 is 5.81. The lowest BCUT2D eigenvalue weighted by atomic mass is 10.1. The molecule has 0 amide bonds. The van der Waals surface area contributed by atoms with Gasteiger partial charge >= 0.3 is 0 Å². The Hall–Kier alpha value is -0.860. The summed E-state index contributed by atoms with van der Waals surface area (Å²) in [5.74, 6) is 0.671. The van der Waals surface area contributed by atoms with E-state index in [1.807, 2.05) is 0 Å². The average Bonchev–Trinajstić information content (AvgIpc) is 3.21. The zero-order valence-corrected chi connectivity index (χ0v) is 12.3. The Morgan fingerprint density at radius 3 is 2.84 bits per heavy atom. The third kappa shape index (κ3) is 5.75. The zero-order chi connectivity index (χ0) is 13.5. The summed E-state index contributed by atoms with van der Waals surface area (Å²) in [6.07, 6.45) is 5.19. The highest BCUT2D eigenvalue weighted by Crippen LogP contribution is 2.19. The van der Waals surface area contributed by atoms with E-state index in [1.54, 1.807) is 0 Å². The highest BCUT2D eigenvalue weighted by atomic mass is 16.5. The molecular formula is C17H27NO. The highest BCUT2D eigenvalue weighted by Gasteiger charge is 2.19. The quantitative estimate of drug-likeness (QED) is 0.728. The van der Waals surface area contributed by atoms with E-state index >= 15 is 0 Å². The number of ether oxygens (including phenoxy) is 1. The largest absolute Gasteiger partial charge is 0.376 e. The number of nitrogens with one attached hydrogen (secondary N) is 1. The lowest BCUT2D eigenvalue weighted by molar-refractivity contribution is 0.0893. The van der Waals surface area contributed by atoms with E-state index in [0.717, 1.165) is 25.8 Å². The van der Waals surface area contributed by atoms with E-state index in [2.05, 4.69) is 43.4 Å². The Morgan fingerprint density at radius 2 is 2.11 bits per heavy atom. The normalized spacial score (nSPS) is 16.5. The van der Waals surface area contributed by atoms with Crippen molar-refractivity contribution in [2.24, 2.45) is 5.92 Å². The van der Waals surface area contributed by atoms with Crippen LogP contribution in [-0.2, 0) is 17.9 Å². The molecule has 2 nitrogen and oxygen atoms in total. The van der Waals surface area contributed by atoms with E-state index in [-0.39, 0.29) is 0 Å². The van der Waals surface area contributed by atoms with Crippen molar-refractivity contribution in [3.05, 3.63) is 35.4 Å². The third-order valence-electron chi connectivity index (χ3n) is 3.62. The maximum absolute atomic E-state index is 5.81. The Balaban J connectivity index is 1.71. The van der Waals surface area contributed by atoms with Gasteiger partial charge in [-0.05, 0) is 36.3 Å². The Kier molecular flexibility index (Phi) is 5.87. The molecule has 0 spiro atoms. The first-order valence-corrected chi connectivity index (χ1v) is 7.67. The van der Waals surface area contributed by atoms with Crippen LogP contribution in [0.15, 0.2) is 24.3 Å². The van der Waals surface area contributed by atoms with Gasteiger partial charge in [0.25, 0.3) is 0 Å². The molecule has 0 radical (unpaired) electrons. The highest BCUT2D eigenvalue weighted by molar-refractivity contribution is 5.23. The van der Waals surface area contributed by atoms with Crippen molar-refractivity contribution >= 4 is 0 Å². The van der Waals surface area contributed by atoms with E-state index < -0.39 is 0 Å². The molecule has 1 atom stereocenters. The molecular weight excluding hydrogens is 234 g/mol. The van der Waals surface area contributed by atoms with E-state index in [0.29, 0.717) is 5.92 Å². The molecule has 1 N–H and O–H groups in total. The number of hydrogen-bond donors (Lipinski definition) is 1. The van der Waals surface area contributed by atoms with Crippen LogP contribution < -0.4 is 5.32 Å². The molecule has 2 heteroatoms. The molecule has 0 aromatic heterocycles. The lowest BCUT2D eigenvalue weighted by Gasteiger charge is -2.11. The van der Waals surface area contributed by atoms with Gasteiger partial charge in [-0.3, -0.25) is 0 Å². The van der Waals surface area contributed by atoms with Gasteiger partial charge in [-0.2, -0.15) is 0 Å². The zero-order valence-electron chi connectivity index (χ0n) is 12.3. The lowest BCUT2D eigenvalue weighted by Crippen LogP contribution is -2.15. The van der Waals surface area contributed by atoms with Crippen molar-refractivity contribution < 1.29 is 4.74 Å². The van der Waals surface area contributed by atoms with Crippen LogP contribution in [0.3, 0.4) is 0 Å². The predicted molar refractivity (Wildman–Crippen MR) is 80.0 cm³/mol. The molecule has 2 rings (SSSR count). The molecule has 1 aliphatic rings. The summed E-state index contributed by atoms with van der Waals surface area (Å²) in [6.45, 7) is 7.10. The molecule has 1 fully saturated rings. The Labute approximate surface area is 117 Å². The monoisotopic (exact) mass is 261 g/mol. The third-order valence-corrected chi connectivity index (χ3v) is 3.62. The van der Waals surface area contributed by atoms with Crippen LogP contribution in [0.5, 0.6) is 0 Å². The van der Waals surface area contributed by atoms with Crippen LogP contribution in [0, 0.1) is 5.92 Å². The molecule has 0 bridgehead atoms. The number of hydrogen-bond acceptors (Lipinski definition) is 2. The van der Waals surface area contributed by atoms with E-state index in [1.165, 1.54) is 36.8 Å². The first-order chi connectivity index (χ1) is 9.28. The summed E-state index contributed by atoms with van der Waals surface area (Å²) >= 11 is 0. The van der Waals surface area contributed by atoms with Crippen LogP contribution in [0.25, 0.3) is 0 Å². The van der Waals surface area contributed by atoms with Crippen molar-refractivity contribution in [2.75, 3.05) is 6.61 Å². The average molecular weight is 261 g/mol. The van der Waals surface area contributed by atoms with Gasteiger partial charge in [0.2, 0.25) is 0 Å². The second-order valence-corrected chi connectivity index (χ2v) is 5.88. The topological polar surface area (TPSA) is 21.3 Å². The maximum atomic E-state index is 5.81. The van der Waals surface area contributed by atoms with Gasteiger partial charge in [-0.15, -0.1) is 0 Å². The summed E-state index contributed by atoms with van der Waals surface area (Å²) in [5, 5.41) is 3.55. The molecule has 1 aliphatic carbocycles. The second kappa shape index (κ2) is 7.66. The van der Waals surface area contributed by atoms with Crippen molar-refractivity contribution in [3.8, 4) is 0 Å². The van der Waals surface area contributed by atoms with Gasteiger partial charge in [0, 0.05) is 19.2 Å². The molecule has 1 unspecified atom stereocenters.